The standard InChI is InChI=1S/C20H19NO3S2/c1-21(26(2,23)24)18-10-7-16(8-11-18)20(22)14-25-19-12-9-15-5-3-4-6-17(15)13-19/h3-13H,14H2,1-2H3. The molecule has 0 aliphatic carbocycles. The first-order chi connectivity index (χ1) is 12.3. The molecule has 3 aromatic carbocycles. The maximum Gasteiger partial charge on any atom is 0.231 e. The fraction of sp³-hybridized carbons (Fsp3) is 0.150. The van der Waals surface area contributed by atoms with Crippen molar-refractivity contribution in [3.63, 3.8) is 0 Å². The number of Topliss-reactive ketones (excluding diaryl/α,β-unsaturated/α-hetero) is 1. The zero-order valence-corrected chi connectivity index (χ0v) is 16.2. The Morgan fingerprint density at radius 1 is 0.962 bits per heavy atom. The first-order valence-electron chi connectivity index (χ1n) is 8.03. The molecule has 134 valence electrons. The smallest absolute Gasteiger partial charge is 0.231 e. The van der Waals surface area contributed by atoms with Crippen LogP contribution in [0.3, 0.4) is 0 Å². The monoisotopic (exact) mass is 385 g/mol. The number of anilines is 1. The highest BCUT2D eigenvalue weighted by Crippen LogP contribution is 2.25. The van der Waals surface area contributed by atoms with Gasteiger partial charge in [0.1, 0.15) is 0 Å². The zero-order chi connectivity index (χ0) is 18.7. The first-order valence-corrected chi connectivity index (χ1v) is 10.9. The molecular weight excluding hydrogens is 366 g/mol. The van der Waals surface area contributed by atoms with Crippen LogP contribution in [-0.4, -0.2) is 33.3 Å². The van der Waals surface area contributed by atoms with Gasteiger partial charge in [0.2, 0.25) is 10.0 Å². The van der Waals surface area contributed by atoms with Crippen LogP contribution in [0.25, 0.3) is 10.8 Å². The summed E-state index contributed by atoms with van der Waals surface area (Å²) in [7, 11) is -1.82. The molecule has 0 saturated carbocycles. The van der Waals surface area contributed by atoms with Gasteiger partial charge in [-0.05, 0) is 47.2 Å². The lowest BCUT2D eigenvalue weighted by molar-refractivity contribution is 0.102. The van der Waals surface area contributed by atoms with Gasteiger partial charge in [0.05, 0.1) is 17.7 Å². The Kier molecular flexibility index (Phi) is 5.34. The first kappa shape index (κ1) is 18.5. The van der Waals surface area contributed by atoms with Crippen LogP contribution in [0.5, 0.6) is 0 Å². The number of sulfonamides is 1. The molecule has 0 N–H and O–H groups in total. The van der Waals surface area contributed by atoms with E-state index in [0.29, 0.717) is 17.0 Å². The van der Waals surface area contributed by atoms with E-state index < -0.39 is 10.0 Å². The summed E-state index contributed by atoms with van der Waals surface area (Å²) in [6.07, 6.45) is 1.15. The number of benzene rings is 3. The highest BCUT2D eigenvalue weighted by Gasteiger charge is 2.13. The SMILES string of the molecule is CN(c1ccc(C(=O)CSc2ccc3ccccc3c2)cc1)S(C)(=O)=O. The lowest BCUT2D eigenvalue weighted by atomic mass is 10.1. The number of nitrogens with zero attached hydrogens (tertiary/aromatic N) is 1. The number of ketones is 1. The van der Waals surface area contributed by atoms with E-state index >= 15 is 0 Å². The van der Waals surface area contributed by atoms with E-state index in [1.165, 1.54) is 28.5 Å². The minimum Gasteiger partial charge on any atom is -0.293 e. The Balaban J connectivity index is 1.67. The van der Waals surface area contributed by atoms with Crippen LogP contribution >= 0.6 is 11.8 Å². The van der Waals surface area contributed by atoms with E-state index in [9.17, 15) is 13.2 Å². The van der Waals surface area contributed by atoms with E-state index in [1.807, 2.05) is 18.2 Å². The van der Waals surface area contributed by atoms with Gasteiger partial charge >= 0.3 is 0 Å². The number of thioether (sulfide) groups is 1. The molecule has 0 aliphatic heterocycles. The second kappa shape index (κ2) is 7.51. The number of hydrogen-bond donors (Lipinski definition) is 0. The molecule has 6 heteroatoms. The molecule has 0 atom stereocenters. The largest absolute Gasteiger partial charge is 0.293 e. The topological polar surface area (TPSA) is 54.5 Å². The van der Waals surface area contributed by atoms with Crippen LogP contribution in [0.4, 0.5) is 5.69 Å². The quantitative estimate of drug-likeness (QED) is 0.471. The molecule has 0 amide bonds. The average Bonchev–Trinajstić information content (AvgIpc) is 2.64. The van der Waals surface area contributed by atoms with Crippen LogP contribution in [0, 0.1) is 0 Å². The predicted octanol–water partition coefficient (Wildman–Crippen LogP) is 4.21. The van der Waals surface area contributed by atoms with Crippen LogP contribution in [0.15, 0.2) is 71.6 Å². The summed E-state index contributed by atoms with van der Waals surface area (Å²) in [4.78, 5) is 13.5. The molecule has 0 bridgehead atoms. The fourth-order valence-corrected chi connectivity index (χ4v) is 3.88. The molecular formula is C20H19NO3S2. The third kappa shape index (κ3) is 4.26. The van der Waals surface area contributed by atoms with E-state index in [0.717, 1.165) is 16.5 Å². The van der Waals surface area contributed by atoms with Crippen LogP contribution in [-0.2, 0) is 10.0 Å². The summed E-state index contributed by atoms with van der Waals surface area (Å²) in [6.45, 7) is 0. The van der Waals surface area contributed by atoms with Crippen molar-refractivity contribution in [2.45, 2.75) is 4.90 Å². The Labute approximate surface area is 157 Å². The molecule has 0 radical (unpaired) electrons. The van der Waals surface area contributed by atoms with Crippen molar-refractivity contribution in [1.82, 2.24) is 0 Å². The van der Waals surface area contributed by atoms with Crippen molar-refractivity contribution in [3.8, 4) is 0 Å². The van der Waals surface area contributed by atoms with Gasteiger partial charge in [0.15, 0.2) is 5.78 Å². The van der Waals surface area contributed by atoms with Gasteiger partial charge in [-0.3, -0.25) is 9.10 Å². The maximum absolute atomic E-state index is 12.4. The predicted molar refractivity (Wildman–Crippen MR) is 109 cm³/mol. The minimum absolute atomic E-state index is 0.0108. The highest BCUT2D eigenvalue weighted by molar-refractivity contribution is 8.00. The molecule has 0 spiro atoms. The van der Waals surface area contributed by atoms with Crippen molar-refractivity contribution in [2.75, 3.05) is 23.4 Å². The third-order valence-corrected chi connectivity index (χ3v) is 6.34. The molecule has 0 aliphatic rings. The lowest BCUT2D eigenvalue weighted by Crippen LogP contribution is -2.24. The molecule has 0 aromatic heterocycles. The van der Waals surface area contributed by atoms with Crippen LogP contribution in [0.1, 0.15) is 10.4 Å². The molecule has 3 rings (SSSR count). The summed E-state index contributed by atoms with van der Waals surface area (Å²) in [6, 6.07) is 20.9. The minimum atomic E-state index is -3.31. The van der Waals surface area contributed by atoms with E-state index in [-0.39, 0.29) is 5.78 Å². The van der Waals surface area contributed by atoms with Gasteiger partial charge in [-0.25, -0.2) is 8.42 Å². The fourth-order valence-electron chi connectivity index (χ4n) is 2.54. The van der Waals surface area contributed by atoms with Gasteiger partial charge in [-0.1, -0.05) is 30.3 Å². The van der Waals surface area contributed by atoms with Gasteiger partial charge in [0.25, 0.3) is 0 Å². The van der Waals surface area contributed by atoms with E-state index in [2.05, 4.69) is 24.3 Å². The normalized spacial score (nSPS) is 11.5. The number of carbonyl (C=O) groups is 1. The van der Waals surface area contributed by atoms with Gasteiger partial charge in [-0.15, -0.1) is 11.8 Å². The summed E-state index contributed by atoms with van der Waals surface area (Å²) in [5, 5.41) is 2.33. The summed E-state index contributed by atoms with van der Waals surface area (Å²) in [5.74, 6) is 0.344. The highest BCUT2D eigenvalue weighted by atomic mass is 32.2. The third-order valence-electron chi connectivity index (χ3n) is 4.14. The van der Waals surface area contributed by atoms with Crippen LogP contribution in [0.2, 0.25) is 0 Å². The second-order valence-electron chi connectivity index (χ2n) is 6.00. The number of rotatable bonds is 6. The zero-order valence-electron chi connectivity index (χ0n) is 14.5. The molecule has 0 heterocycles. The Bertz CT molecular complexity index is 1040. The molecule has 0 fully saturated rings. The van der Waals surface area contributed by atoms with Crippen LogP contribution < -0.4 is 4.31 Å². The molecule has 3 aromatic rings. The van der Waals surface area contributed by atoms with Gasteiger partial charge in [0, 0.05) is 17.5 Å². The molecule has 4 nitrogen and oxygen atoms in total. The Hall–Kier alpha value is -2.31. The number of carbonyl (C=O) groups excluding carboxylic acids is 1. The molecule has 0 saturated heterocycles. The summed E-state index contributed by atoms with van der Waals surface area (Å²) < 4.78 is 24.3. The Morgan fingerprint density at radius 2 is 1.62 bits per heavy atom. The lowest BCUT2D eigenvalue weighted by Gasteiger charge is -2.16. The van der Waals surface area contributed by atoms with Crippen molar-refractivity contribution in [2.24, 2.45) is 0 Å². The van der Waals surface area contributed by atoms with E-state index in [4.69, 9.17) is 0 Å². The summed E-state index contributed by atoms with van der Waals surface area (Å²) in [5.41, 5.74) is 1.11. The Morgan fingerprint density at radius 3 is 2.27 bits per heavy atom. The van der Waals surface area contributed by atoms with Gasteiger partial charge in [-0.2, -0.15) is 0 Å². The maximum atomic E-state index is 12.4. The van der Waals surface area contributed by atoms with Crippen molar-refractivity contribution in [3.05, 3.63) is 72.3 Å². The number of fused-ring (bicyclic) bond motifs is 1. The summed E-state index contributed by atoms with van der Waals surface area (Å²) >= 11 is 1.50. The van der Waals surface area contributed by atoms with Gasteiger partial charge < -0.3 is 0 Å². The van der Waals surface area contributed by atoms with Crippen molar-refractivity contribution < 1.29 is 13.2 Å². The van der Waals surface area contributed by atoms with Crippen molar-refractivity contribution in [1.29, 1.82) is 0 Å². The average molecular weight is 386 g/mol. The van der Waals surface area contributed by atoms with E-state index in [1.54, 1.807) is 24.3 Å². The molecule has 26 heavy (non-hydrogen) atoms. The number of hydrogen-bond acceptors (Lipinski definition) is 4. The van der Waals surface area contributed by atoms with Crippen molar-refractivity contribution >= 4 is 44.0 Å². The second-order valence-corrected chi connectivity index (χ2v) is 9.06. The molecule has 0 unspecified atom stereocenters.